The number of fused-ring (bicyclic) bond motifs is 2. The molecule has 2 heteroatoms. The van der Waals surface area contributed by atoms with E-state index in [4.69, 9.17) is 5.26 Å². The first kappa shape index (κ1) is 8.07. The molecule has 66 valence electrons. The van der Waals surface area contributed by atoms with Crippen LogP contribution in [0.2, 0.25) is 0 Å². The van der Waals surface area contributed by atoms with E-state index in [1.165, 1.54) is 25.7 Å². The van der Waals surface area contributed by atoms with E-state index in [0.29, 0.717) is 12.1 Å². The molecule has 0 N–H and O–H groups in total. The lowest BCUT2D eigenvalue weighted by molar-refractivity contribution is 0.147. The molecule has 0 aromatic heterocycles. The summed E-state index contributed by atoms with van der Waals surface area (Å²) in [6.07, 6.45) is 5.26. The molecular formula is C10H16N2. The smallest absolute Gasteiger partial charge is 0.104 e. The Balaban J connectivity index is 2.21. The quantitative estimate of drug-likeness (QED) is 0.592. The fourth-order valence-corrected chi connectivity index (χ4v) is 2.88. The van der Waals surface area contributed by atoms with Gasteiger partial charge in [-0.05, 0) is 39.5 Å². The third-order valence-electron chi connectivity index (χ3n) is 3.37. The molecule has 2 heterocycles. The van der Waals surface area contributed by atoms with Crippen LogP contribution in [0.5, 0.6) is 0 Å². The van der Waals surface area contributed by atoms with Gasteiger partial charge in [-0.15, -0.1) is 0 Å². The van der Waals surface area contributed by atoms with Crippen LogP contribution in [0.3, 0.4) is 0 Å². The van der Waals surface area contributed by atoms with Crippen molar-refractivity contribution in [2.75, 3.05) is 0 Å². The van der Waals surface area contributed by atoms with Crippen LogP contribution in [0.15, 0.2) is 0 Å². The monoisotopic (exact) mass is 164 g/mol. The third kappa shape index (κ3) is 0.964. The van der Waals surface area contributed by atoms with E-state index in [-0.39, 0.29) is 5.54 Å². The molecule has 12 heavy (non-hydrogen) atoms. The van der Waals surface area contributed by atoms with Crippen molar-refractivity contribution < 1.29 is 0 Å². The van der Waals surface area contributed by atoms with Gasteiger partial charge in [-0.2, -0.15) is 5.26 Å². The first-order valence-corrected chi connectivity index (χ1v) is 4.85. The maximum Gasteiger partial charge on any atom is 0.104 e. The number of nitrogens with zero attached hydrogens (tertiary/aromatic N) is 2. The highest BCUT2D eigenvalue weighted by molar-refractivity contribution is 5.10. The Labute approximate surface area is 74.2 Å². The number of nitriles is 1. The summed E-state index contributed by atoms with van der Waals surface area (Å²) in [5.74, 6) is 0. The standard InChI is InChI=1S/C10H16N2/c1-10(2,7-11)12-8-3-4-9(12)6-5-8/h8-9H,3-6H2,1-2H3. The van der Waals surface area contributed by atoms with E-state index in [1.54, 1.807) is 0 Å². The van der Waals surface area contributed by atoms with Crippen LogP contribution in [0.25, 0.3) is 0 Å². The summed E-state index contributed by atoms with van der Waals surface area (Å²) in [4.78, 5) is 2.44. The van der Waals surface area contributed by atoms with Crippen LogP contribution in [-0.2, 0) is 0 Å². The maximum atomic E-state index is 9.03. The van der Waals surface area contributed by atoms with Crippen molar-refractivity contribution in [2.24, 2.45) is 0 Å². The van der Waals surface area contributed by atoms with Gasteiger partial charge in [0, 0.05) is 12.1 Å². The van der Waals surface area contributed by atoms with Gasteiger partial charge in [0.2, 0.25) is 0 Å². The van der Waals surface area contributed by atoms with Gasteiger partial charge in [0.15, 0.2) is 0 Å². The van der Waals surface area contributed by atoms with Crippen molar-refractivity contribution in [1.29, 1.82) is 5.26 Å². The van der Waals surface area contributed by atoms with Crippen molar-refractivity contribution in [2.45, 2.75) is 57.2 Å². The Morgan fingerprint density at radius 1 is 1.17 bits per heavy atom. The molecule has 2 fully saturated rings. The van der Waals surface area contributed by atoms with Crippen molar-refractivity contribution in [1.82, 2.24) is 4.90 Å². The molecule has 0 unspecified atom stereocenters. The van der Waals surface area contributed by atoms with E-state index < -0.39 is 0 Å². The molecule has 2 rings (SSSR count). The number of hydrogen-bond donors (Lipinski definition) is 0. The highest BCUT2D eigenvalue weighted by Gasteiger charge is 2.46. The zero-order chi connectivity index (χ0) is 8.77. The van der Waals surface area contributed by atoms with Crippen molar-refractivity contribution in [3.8, 4) is 6.07 Å². The summed E-state index contributed by atoms with van der Waals surface area (Å²) in [6, 6.07) is 3.84. The van der Waals surface area contributed by atoms with Crippen LogP contribution in [0.4, 0.5) is 0 Å². The second kappa shape index (κ2) is 2.47. The Morgan fingerprint density at radius 2 is 1.58 bits per heavy atom. The molecule has 2 aliphatic rings. The zero-order valence-corrected chi connectivity index (χ0v) is 7.88. The fraction of sp³-hybridized carbons (Fsp3) is 0.900. The van der Waals surface area contributed by atoms with Crippen LogP contribution < -0.4 is 0 Å². The summed E-state index contributed by atoms with van der Waals surface area (Å²) in [5.41, 5.74) is -0.234. The van der Waals surface area contributed by atoms with Crippen LogP contribution >= 0.6 is 0 Å². The first-order valence-electron chi connectivity index (χ1n) is 4.85. The third-order valence-corrected chi connectivity index (χ3v) is 3.37. The lowest BCUT2D eigenvalue weighted by atomic mass is 10.0. The second-order valence-electron chi connectivity index (χ2n) is 4.54. The summed E-state index contributed by atoms with van der Waals surface area (Å²) in [7, 11) is 0. The summed E-state index contributed by atoms with van der Waals surface area (Å²) >= 11 is 0. The SMILES string of the molecule is CC(C)(C#N)N1C2CCC1CC2. The molecule has 2 saturated heterocycles. The highest BCUT2D eigenvalue weighted by Crippen LogP contribution is 2.41. The molecule has 0 amide bonds. The molecule has 2 bridgehead atoms. The minimum Gasteiger partial charge on any atom is -0.280 e. The van der Waals surface area contributed by atoms with E-state index in [0.717, 1.165) is 0 Å². The average Bonchev–Trinajstić information content (AvgIpc) is 2.62. The maximum absolute atomic E-state index is 9.03. The Hall–Kier alpha value is -0.550. The molecule has 0 aromatic rings. The van der Waals surface area contributed by atoms with Crippen molar-refractivity contribution >= 4 is 0 Å². The topological polar surface area (TPSA) is 27.0 Å². The fourth-order valence-electron chi connectivity index (χ4n) is 2.88. The van der Waals surface area contributed by atoms with Gasteiger partial charge in [0.25, 0.3) is 0 Å². The largest absolute Gasteiger partial charge is 0.280 e. The number of hydrogen-bond acceptors (Lipinski definition) is 2. The highest BCUT2D eigenvalue weighted by atomic mass is 15.3. The molecule has 2 aliphatic heterocycles. The van der Waals surface area contributed by atoms with E-state index >= 15 is 0 Å². The lowest BCUT2D eigenvalue weighted by Crippen LogP contribution is -2.45. The van der Waals surface area contributed by atoms with Crippen LogP contribution in [-0.4, -0.2) is 22.5 Å². The van der Waals surface area contributed by atoms with Crippen LogP contribution in [0, 0.1) is 11.3 Å². The Morgan fingerprint density at radius 3 is 1.92 bits per heavy atom. The average molecular weight is 164 g/mol. The molecular weight excluding hydrogens is 148 g/mol. The first-order chi connectivity index (χ1) is 5.65. The second-order valence-corrected chi connectivity index (χ2v) is 4.54. The minimum absolute atomic E-state index is 0.234. The normalized spacial score (nSPS) is 35.4. The summed E-state index contributed by atoms with van der Waals surface area (Å²) < 4.78 is 0. The Kier molecular flexibility index (Phi) is 1.66. The van der Waals surface area contributed by atoms with E-state index in [1.807, 2.05) is 13.8 Å². The Bertz CT molecular complexity index is 206. The predicted molar refractivity (Wildman–Crippen MR) is 47.6 cm³/mol. The lowest BCUT2D eigenvalue weighted by Gasteiger charge is -2.33. The minimum atomic E-state index is -0.234. The molecule has 0 atom stereocenters. The van der Waals surface area contributed by atoms with Crippen molar-refractivity contribution in [3.63, 3.8) is 0 Å². The van der Waals surface area contributed by atoms with Gasteiger partial charge >= 0.3 is 0 Å². The molecule has 0 aliphatic carbocycles. The van der Waals surface area contributed by atoms with Gasteiger partial charge in [-0.1, -0.05) is 0 Å². The molecule has 0 spiro atoms. The summed E-state index contributed by atoms with van der Waals surface area (Å²) in [6.45, 7) is 4.09. The van der Waals surface area contributed by atoms with Gasteiger partial charge in [0.1, 0.15) is 5.54 Å². The van der Waals surface area contributed by atoms with Gasteiger partial charge < -0.3 is 0 Å². The number of rotatable bonds is 1. The van der Waals surface area contributed by atoms with E-state index in [9.17, 15) is 0 Å². The molecule has 0 radical (unpaired) electrons. The van der Waals surface area contributed by atoms with Gasteiger partial charge in [0.05, 0.1) is 6.07 Å². The summed E-state index contributed by atoms with van der Waals surface area (Å²) in [5, 5.41) is 9.03. The van der Waals surface area contributed by atoms with Crippen LogP contribution in [0.1, 0.15) is 39.5 Å². The molecule has 2 nitrogen and oxygen atoms in total. The van der Waals surface area contributed by atoms with Crippen molar-refractivity contribution in [3.05, 3.63) is 0 Å². The zero-order valence-electron chi connectivity index (χ0n) is 7.88. The van der Waals surface area contributed by atoms with E-state index in [2.05, 4.69) is 11.0 Å². The molecule has 0 saturated carbocycles. The van der Waals surface area contributed by atoms with Gasteiger partial charge in [-0.25, -0.2) is 0 Å². The van der Waals surface area contributed by atoms with Gasteiger partial charge in [-0.3, -0.25) is 4.90 Å². The predicted octanol–water partition coefficient (Wildman–Crippen LogP) is 1.92. The molecule has 0 aromatic carbocycles.